The number of aromatic nitrogens is 3. The van der Waals surface area contributed by atoms with Gasteiger partial charge in [0.15, 0.2) is 0 Å². The molecule has 5 rings (SSSR count). The molecular formula is C30H41F2N5O. The normalized spacial score (nSPS) is 24.2. The Morgan fingerprint density at radius 1 is 1.08 bits per heavy atom. The average Bonchev–Trinajstić information content (AvgIpc) is 3.35. The van der Waals surface area contributed by atoms with Crippen LogP contribution in [0.5, 0.6) is 0 Å². The van der Waals surface area contributed by atoms with Crippen LogP contribution in [0.3, 0.4) is 0 Å². The average molecular weight is 526 g/mol. The van der Waals surface area contributed by atoms with Crippen LogP contribution in [0.1, 0.15) is 107 Å². The van der Waals surface area contributed by atoms with Gasteiger partial charge in [-0.15, -0.1) is 10.2 Å². The smallest absolute Gasteiger partial charge is 0.248 e. The summed E-state index contributed by atoms with van der Waals surface area (Å²) in [6.45, 7) is 9.50. The van der Waals surface area contributed by atoms with Crippen molar-refractivity contribution < 1.29 is 13.6 Å². The predicted molar refractivity (Wildman–Crippen MR) is 144 cm³/mol. The highest BCUT2D eigenvalue weighted by Gasteiger charge is 2.40. The maximum Gasteiger partial charge on any atom is 0.248 e. The second-order valence-corrected chi connectivity index (χ2v) is 11.9. The van der Waals surface area contributed by atoms with E-state index in [9.17, 15) is 13.6 Å². The zero-order valence-electron chi connectivity index (χ0n) is 23.1. The first-order valence-electron chi connectivity index (χ1n) is 14.2. The minimum absolute atomic E-state index is 0.0873. The molecule has 1 aliphatic carbocycles. The molecule has 1 amide bonds. The molecule has 2 fully saturated rings. The molecule has 1 saturated heterocycles. The molecule has 0 spiro atoms. The summed E-state index contributed by atoms with van der Waals surface area (Å²) in [6, 6.07) is 10.7. The minimum atomic E-state index is -2.63. The summed E-state index contributed by atoms with van der Waals surface area (Å²) in [6.07, 6.45) is 3.98. The number of hydrogen-bond donors (Lipinski definition) is 1. The van der Waals surface area contributed by atoms with Gasteiger partial charge in [0.2, 0.25) is 11.8 Å². The third-order valence-electron chi connectivity index (χ3n) is 8.83. The van der Waals surface area contributed by atoms with Crippen molar-refractivity contribution in [3.63, 3.8) is 0 Å². The van der Waals surface area contributed by atoms with Crippen molar-refractivity contribution in [2.45, 2.75) is 109 Å². The summed E-state index contributed by atoms with van der Waals surface area (Å²) in [5.74, 6) is -0.681. The number of benzene rings is 1. The summed E-state index contributed by atoms with van der Waals surface area (Å²) in [5.41, 5.74) is 3.94. The fourth-order valence-electron chi connectivity index (χ4n) is 6.78. The van der Waals surface area contributed by atoms with Gasteiger partial charge in [0.1, 0.15) is 11.6 Å². The molecule has 3 atom stereocenters. The van der Waals surface area contributed by atoms with Gasteiger partial charge in [-0.2, -0.15) is 0 Å². The summed E-state index contributed by atoms with van der Waals surface area (Å²) in [7, 11) is 0. The zero-order valence-corrected chi connectivity index (χ0v) is 23.1. The fraction of sp³-hybridized carbons (Fsp3) is 0.633. The highest BCUT2D eigenvalue weighted by molar-refractivity contribution is 5.79. The number of alkyl halides is 2. The van der Waals surface area contributed by atoms with Crippen LogP contribution in [0.4, 0.5) is 8.78 Å². The Bertz CT molecular complexity index is 1160. The third-order valence-corrected chi connectivity index (χ3v) is 8.83. The molecule has 38 heavy (non-hydrogen) atoms. The highest BCUT2D eigenvalue weighted by Crippen LogP contribution is 2.45. The number of piperidine rings is 1. The number of rotatable bonds is 8. The molecule has 1 unspecified atom stereocenters. The minimum Gasteiger partial charge on any atom is -0.371 e. The number of amides is 1. The lowest BCUT2D eigenvalue weighted by Crippen LogP contribution is -2.41. The van der Waals surface area contributed by atoms with E-state index in [1.54, 1.807) is 0 Å². The van der Waals surface area contributed by atoms with Crippen molar-refractivity contribution in [1.29, 1.82) is 0 Å². The number of allylic oxidation sites excluding steroid dienone is 1. The van der Waals surface area contributed by atoms with Crippen LogP contribution in [0.2, 0.25) is 0 Å². The fourth-order valence-corrected chi connectivity index (χ4v) is 6.78. The quantitative estimate of drug-likeness (QED) is 0.429. The standard InChI is InChI=1S/C30H41F2N5O/c1-19(2)28-35-34-21(4)37(28)25-17-24-16-20(3)27(18-25)36(24)15-12-26(22-8-6-5-7-9-22)33-29(38)23-10-13-30(31,32)14-11-23/h5-9,19,23-26H,10-18H2,1-4H3,(H,33,38)/t24?,25-,26+/m1/s1. The molecular weight excluding hydrogens is 484 g/mol. The van der Waals surface area contributed by atoms with E-state index < -0.39 is 5.92 Å². The molecule has 2 aromatic rings. The first kappa shape index (κ1) is 26.8. The molecule has 2 bridgehead atoms. The molecule has 3 heterocycles. The van der Waals surface area contributed by atoms with Crippen LogP contribution in [-0.4, -0.2) is 44.1 Å². The Balaban J connectivity index is 1.28. The van der Waals surface area contributed by atoms with E-state index in [4.69, 9.17) is 0 Å². The Morgan fingerprint density at radius 3 is 2.45 bits per heavy atom. The number of halogens is 2. The Kier molecular flexibility index (Phi) is 7.60. The molecule has 1 saturated carbocycles. The van der Waals surface area contributed by atoms with Crippen LogP contribution in [0, 0.1) is 12.8 Å². The molecule has 1 N–H and O–H groups in total. The van der Waals surface area contributed by atoms with Crippen LogP contribution in [0.15, 0.2) is 41.6 Å². The maximum absolute atomic E-state index is 13.7. The third kappa shape index (κ3) is 5.50. The Morgan fingerprint density at radius 2 is 1.79 bits per heavy atom. The van der Waals surface area contributed by atoms with Gasteiger partial charge in [-0.1, -0.05) is 49.8 Å². The zero-order chi connectivity index (χ0) is 27.0. The number of fused-ring (bicyclic) bond motifs is 2. The van der Waals surface area contributed by atoms with Gasteiger partial charge in [-0.25, -0.2) is 8.78 Å². The second kappa shape index (κ2) is 10.8. The molecule has 6 nitrogen and oxygen atoms in total. The van der Waals surface area contributed by atoms with E-state index in [1.165, 1.54) is 11.3 Å². The molecule has 0 radical (unpaired) electrons. The SMILES string of the molecule is CC1=C2C[C@H](n3c(C)nnc3C(C)C)CC(C1)N2CC[C@H](NC(=O)C1CCC(F)(F)CC1)c1ccccc1. The van der Waals surface area contributed by atoms with Crippen molar-refractivity contribution in [2.75, 3.05) is 6.54 Å². The molecule has 3 aliphatic rings. The van der Waals surface area contributed by atoms with Crippen LogP contribution in [0.25, 0.3) is 0 Å². The lowest BCUT2D eigenvalue weighted by Gasteiger charge is -2.40. The lowest BCUT2D eigenvalue weighted by molar-refractivity contribution is -0.130. The molecule has 206 valence electrons. The van der Waals surface area contributed by atoms with Gasteiger partial charge in [-0.3, -0.25) is 4.79 Å². The number of hydrogen-bond acceptors (Lipinski definition) is 4. The van der Waals surface area contributed by atoms with E-state index in [0.29, 0.717) is 18.0 Å². The number of nitrogens with one attached hydrogen (secondary N) is 1. The lowest BCUT2D eigenvalue weighted by atomic mass is 9.86. The number of nitrogens with zero attached hydrogens (tertiary/aromatic N) is 4. The predicted octanol–water partition coefficient (Wildman–Crippen LogP) is 6.47. The monoisotopic (exact) mass is 525 g/mol. The number of aryl methyl sites for hydroxylation is 1. The molecule has 8 heteroatoms. The summed E-state index contributed by atoms with van der Waals surface area (Å²) in [5, 5.41) is 12.1. The summed E-state index contributed by atoms with van der Waals surface area (Å²) in [4.78, 5) is 15.7. The van der Waals surface area contributed by atoms with E-state index in [0.717, 1.165) is 49.4 Å². The largest absolute Gasteiger partial charge is 0.371 e. The van der Waals surface area contributed by atoms with Gasteiger partial charge < -0.3 is 14.8 Å². The van der Waals surface area contributed by atoms with Crippen molar-refractivity contribution in [3.05, 3.63) is 58.8 Å². The van der Waals surface area contributed by atoms with Gasteiger partial charge in [0, 0.05) is 55.4 Å². The number of carbonyl (C=O) groups is 1. The van der Waals surface area contributed by atoms with Crippen molar-refractivity contribution in [3.8, 4) is 0 Å². The van der Waals surface area contributed by atoms with E-state index in [-0.39, 0.29) is 43.6 Å². The highest BCUT2D eigenvalue weighted by atomic mass is 19.3. The van der Waals surface area contributed by atoms with Crippen molar-refractivity contribution in [2.24, 2.45) is 5.92 Å². The van der Waals surface area contributed by atoms with E-state index >= 15 is 0 Å². The van der Waals surface area contributed by atoms with Gasteiger partial charge in [-0.05, 0) is 51.5 Å². The van der Waals surface area contributed by atoms with Gasteiger partial charge >= 0.3 is 0 Å². The Hall–Kier alpha value is -2.77. The summed E-state index contributed by atoms with van der Waals surface area (Å²) >= 11 is 0. The Labute approximate surface area is 224 Å². The van der Waals surface area contributed by atoms with Gasteiger partial charge in [0.05, 0.1) is 6.04 Å². The number of carbonyl (C=O) groups excluding carboxylic acids is 1. The topological polar surface area (TPSA) is 63.1 Å². The first-order valence-corrected chi connectivity index (χ1v) is 14.2. The van der Waals surface area contributed by atoms with E-state index in [2.05, 4.69) is 52.7 Å². The first-order chi connectivity index (χ1) is 18.1. The molecule has 1 aromatic carbocycles. The van der Waals surface area contributed by atoms with Crippen LogP contribution in [-0.2, 0) is 4.79 Å². The molecule has 1 aromatic heterocycles. The maximum atomic E-state index is 13.7. The van der Waals surface area contributed by atoms with Gasteiger partial charge in [0.25, 0.3) is 0 Å². The van der Waals surface area contributed by atoms with Crippen LogP contribution >= 0.6 is 0 Å². The van der Waals surface area contributed by atoms with Crippen LogP contribution < -0.4 is 5.32 Å². The molecule has 2 aliphatic heterocycles. The van der Waals surface area contributed by atoms with Crippen molar-refractivity contribution in [1.82, 2.24) is 25.0 Å². The summed E-state index contributed by atoms with van der Waals surface area (Å²) < 4.78 is 29.7. The second-order valence-electron chi connectivity index (χ2n) is 11.9. The van der Waals surface area contributed by atoms with Crippen molar-refractivity contribution >= 4 is 5.91 Å². The van der Waals surface area contributed by atoms with E-state index in [1.807, 2.05) is 30.3 Å².